The van der Waals surface area contributed by atoms with Gasteiger partial charge >= 0.3 is 5.97 Å². The minimum Gasteiger partial charge on any atom is -0.455 e. The van der Waals surface area contributed by atoms with Crippen LogP contribution in [0.25, 0.3) is 0 Å². The molecule has 0 aliphatic carbocycles. The number of unbranched alkanes of at least 4 members (excludes halogenated alkanes) is 2. The quantitative estimate of drug-likeness (QED) is 0.230. The summed E-state index contributed by atoms with van der Waals surface area (Å²) in [6.07, 6.45) is 9.09. The number of hydrogen-bond donors (Lipinski definition) is 2. The summed E-state index contributed by atoms with van der Waals surface area (Å²) in [6.45, 7) is 3.11. The van der Waals surface area contributed by atoms with E-state index in [1.807, 2.05) is 36.4 Å². The molecule has 2 N–H and O–H groups in total. The molecule has 1 aromatic rings. The highest BCUT2D eigenvalue weighted by atomic mass is 16.6. The van der Waals surface area contributed by atoms with Gasteiger partial charge in [0.2, 0.25) is 17.7 Å². The van der Waals surface area contributed by atoms with E-state index in [1.165, 1.54) is 12.0 Å². The van der Waals surface area contributed by atoms with Crippen LogP contribution < -0.4 is 5.32 Å². The number of aliphatic hydroxyl groups is 1. The summed E-state index contributed by atoms with van der Waals surface area (Å²) in [5.74, 6) is -3.54. The van der Waals surface area contributed by atoms with Crippen molar-refractivity contribution >= 4 is 23.7 Å². The Morgan fingerprint density at radius 2 is 1.84 bits per heavy atom. The highest BCUT2D eigenvalue weighted by molar-refractivity contribution is 5.99. The van der Waals surface area contributed by atoms with Crippen LogP contribution in [0.5, 0.6) is 0 Å². The van der Waals surface area contributed by atoms with Gasteiger partial charge in [0.1, 0.15) is 23.7 Å². The number of likely N-dealkylation sites (tertiary alicyclic amines) is 1. The van der Waals surface area contributed by atoms with E-state index in [9.17, 15) is 24.3 Å². The third kappa shape index (κ3) is 6.57. The van der Waals surface area contributed by atoms with Crippen molar-refractivity contribution in [2.45, 2.75) is 75.3 Å². The van der Waals surface area contributed by atoms with Crippen LogP contribution in [-0.2, 0) is 33.4 Å². The highest BCUT2D eigenvalue weighted by Crippen LogP contribution is 2.53. The van der Waals surface area contributed by atoms with Gasteiger partial charge in [-0.25, -0.2) is 0 Å². The number of fused-ring (bicyclic) bond motifs is 2. The van der Waals surface area contributed by atoms with Crippen LogP contribution >= 0.6 is 0 Å². The van der Waals surface area contributed by atoms with Crippen molar-refractivity contribution in [2.24, 2.45) is 11.8 Å². The highest BCUT2D eigenvalue weighted by Gasteiger charge is 2.71. The molecule has 244 valence electrons. The van der Waals surface area contributed by atoms with Crippen molar-refractivity contribution in [1.29, 1.82) is 0 Å². The zero-order valence-corrected chi connectivity index (χ0v) is 26.1. The predicted molar refractivity (Wildman–Crippen MR) is 164 cm³/mol. The molecule has 0 unspecified atom stereocenters. The first kappa shape index (κ1) is 32.8. The van der Waals surface area contributed by atoms with E-state index < -0.39 is 47.7 Å². The first-order valence-corrected chi connectivity index (χ1v) is 16.1. The number of amides is 3. The van der Waals surface area contributed by atoms with Gasteiger partial charge in [0.25, 0.3) is 0 Å². The van der Waals surface area contributed by atoms with Crippen LogP contribution in [0, 0.1) is 11.8 Å². The van der Waals surface area contributed by atoms with Gasteiger partial charge in [0.05, 0.1) is 24.7 Å². The molecule has 45 heavy (non-hydrogen) atoms. The van der Waals surface area contributed by atoms with Gasteiger partial charge in [-0.15, -0.1) is 0 Å². The standard InChI is InChI=1S/C34H45N3O8/c1-3-4-10-18-36-19-11-17-34-28(31(40)37(20-12-21-38)30(34)32(36)41)27-25(45-34)15-8-9-16-26(39)35-24(22-43-2)29(44-33(27)42)23-13-6-5-7-14-23/h5-8,11,13-15,17,24-25,27-30,38H,3-4,9-10,12,16,18-22H2,1-2H3,(H,35,39)/b15-8-/t24-,25-,27+,28+,29-,30-,34+/m1/s1. The molecule has 0 bridgehead atoms. The second-order valence-corrected chi connectivity index (χ2v) is 12.2. The summed E-state index contributed by atoms with van der Waals surface area (Å²) < 4.78 is 18.4. The number of esters is 1. The fraction of sp³-hybridized carbons (Fsp3) is 0.588. The molecule has 5 rings (SSSR count). The zero-order chi connectivity index (χ0) is 32.0. The van der Waals surface area contributed by atoms with Crippen molar-refractivity contribution < 1.29 is 38.5 Å². The van der Waals surface area contributed by atoms with E-state index in [0.29, 0.717) is 25.1 Å². The van der Waals surface area contributed by atoms with Crippen LogP contribution in [0.3, 0.4) is 0 Å². The van der Waals surface area contributed by atoms with Gasteiger partial charge in [-0.3, -0.25) is 19.2 Å². The third-order valence-electron chi connectivity index (χ3n) is 9.23. The summed E-state index contributed by atoms with van der Waals surface area (Å²) in [7, 11) is 1.51. The lowest BCUT2D eigenvalue weighted by Crippen LogP contribution is -2.55. The van der Waals surface area contributed by atoms with Crippen LogP contribution in [0.1, 0.15) is 57.1 Å². The second-order valence-electron chi connectivity index (χ2n) is 12.2. The zero-order valence-electron chi connectivity index (χ0n) is 26.1. The summed E-state index contributed by atoms with van der Waals surface area (Å²) in [6, 6.07) is 7.45. The topological polar surface area (TPSA) is 135 Å². The molecule has 0 aromatic heterocycles. The van der Waals surface area contributed by atoms with Crippen LogP contribution in [0.4, 0.5) is 0 Å². The third-order valence-corrected chi connectivity index (χ3v) is 9.23. The molecule has 0 saturated carbocycles. The maximum Gasteiger partial charge on any atom is 0.313 e. The molecule has 11 heteroatoms. The molecular weight excluding hydrogens is 578 g/mol. The normalized spacial score (nSPS) is 32.5. The Labute approximate surface area is 264 Å². The number of cyclic esters (lactones) is 1. The maximum absolute atomic E-state index is 14.4. The van der Waals surface area contributed by atoms with Crippen molar-refractivity contribution in [1.82, 2.24) is 15.1 Å². The number of aliphatic hydroxyl groups excluding tert-OH is 1. The Kier molecular flexibility index (Phi) is 10.7. The van der Waals surface area contributed by atoms with Gasteiger partial charge in [0.15, 0.2) is 0 Å². The number of hydrogen-bond acceptors (Lipinski definition) is 8. The minimum absolute atomic E-state index is 0.0907. The van der Waals surface area contributed by atoms with Gasteiger partial charge in [-0.1, -0.05) is 74.4 Å². The first-order valence-electron chi connectivity index (χ1n) is 16.1. The number of benzene rings is 1. The Morgan fingerprint density at radius 1 is 1.04 bits per heavy atom. The van der Waals surface area contributed by atoms with Gasteiger partial charge in [-0.2, -0.15) is 0 Å². The average Bonchev–Trinajstić information content (AvgIpc) is 3.42. The molecule has 4 aliphatic rings. The van der Waals surface area contributed by atoms with Crippen molar-refractivity contribution in [2.75, 3.05) is 40.0 Å². The summed E-state index contributed by atoms with van der Waals surface area (Å²) >= 11 is 0. The minimum atomic E-state index is -1.40. The molecule has 4 heterocycles. The van der Waals surface area contributed by atoms with Crippen molar-refractivity contribution in [3.05, 3.63) is 60.2 Å². The molecule has 3 amide bonds. The number of carbonyl (C=O) groups is 4. The second kappa shape index (κ2) is 14.7. The predicted octanol–water partition coefficient (Wildman–Crippen LogP) is 2.30. The molecule has 2 saturated heterocycles. The van der Waals surface area contributed by atoms with Gasteiger partial charge in [0, 0.05) is 39.8 Å². The van der Waals surface area contributed by atoms with Crippen molar-refractivity contribution in [3.8, 4) is 0 Å². The smallest absolute Gasteiger partial charge is 0.313 e. The monoisotopic (exact) mass is 623 g/mol. The first-order chi connectivity index (χ1) is 21.9. The van der Waals surface area contributed by atoms with Crippen molar-refractivity contribution in [3.63, 3.8) is 0 Å². The Hall–Kier alpha value is -3.54. The average molecular weight is 624 g/mol. The van der Waals surface area contributed by atoms with Gasteiger partial charge < -0.3 is 34.4 Å². The fourth-order valence-corrected chi connectivity index (χ4v) is 7.17. The SMILES string of the molecule is CCCCCN1CC=C[C@]23O[C@@H]4/C=C\CCC(=O)N[C@H](COC)[C@@H](c5ccccc5)OC(=O)[C@@H]4[C@H]2C(=O)N(CCCO)[C@@H]3C1=O. The number of rotatable bonds is 10. The number of nitrogens with one attached hydrogen (secondary N) is 1. The maximum atomic E-state index is 14.4. The number of carbonyl (C=O) groups excluding carboxylic acids is 4. The molecule has 2 fully saturated rings. The lowest BCUT2D eigenvalue weighted by Gasteiger charge is -2.35. The van der Waals surface area contributed by atoms with Crippen LogP contribution in [0.2, 0.25) is 0 Å². The molecule has 7 atom stereocenters. The van der Waals surface area contributed by atoms with E-state index >= 15 is 0 Å². The number of methoxy groups -OCH3 is 1. The molecule has 0 radical (unpaired) electrons. The van der Waals surface area contributed by atoms with Crippen LogP contribution in [-0.4, -0.2) is 102 Å². The van der Waals surface area contributed by atoms with E-state index in [2.05, 4.69) is 12.2 Å². The van der Waals surface area contributed by atoms with E-state index in [4.69, 9.17) is 14.2 Å². The summed E-state index contributed by atoms with van der Waals surface area (Å²) in [4.78, 5) is 59.2. The summed E-state index contributed by atoms with van der Waals surface area (Å²) in [5.41, 5.74) is -0.733. The molecule has 11 nitrogen and oxygen atoms in total. The lowest BCUT2D eigenvalue weighted by molar-refractivity contribution is -0.162. The number of nitrogens with zero attached hydrogens (tertiary/aromatic N) is 2. The molecular formula is C34H45N3O8. The molecule has 1 spiro atoms. The van der Waals surface area contributed by atoms with Gasteiger partial charge in [-0.05, 0) is 24.8 Å². The number of ether oxygens (including phenoxy) is 3. The fourth-order valence-electron chi connectivity index (χ4n) is 7.17. The van der Waals surface area contributed by atoms with E-state index in [1.54, 1.807) is 23.1 Å². The van der Waals surface area contributed by atoms with Crippen LogP contribution in [0.15, 0.2) is 54.6 Å². The van der Waals surface area contributed by atoms with E-state index in [0.717, 1.165) is 19.3 Å². The Morgan fingerprint density at radius 3 is 2.58 bits per heavy atom. The van der Waals surface area contributed by atoms with E-state index in [-0.39, 0.29) is 50.3 Å². The largest absolute Gasteiger partial charge is 0.455 e. The molecule has 1 aromatic carbocycles. The summed E-state index contributed by atoms with van der Waals surface area (Å²) in [5, 5.41) is 12.6. The Balaban J connectivity index is 1.57. The molecule has 4 aliphatic heterocycles. The Bertz CT molecular complexity index is 1290. The number of allylic oxidation sites excluding steroid dienone is 1. The lowest BCUT2D eigenvalue weighted by atomic mass is 9.77.